The number of thioether (sulfide) groups is 1. The Morgan fingerprint density at radius 1 is 1.42 bits per heavy atom. The quantitative estimate of drug-likeness (QED) is 0.179. The maximum Gasteiger partial charge on any atom is 0.144 e. The Bertz CT molecular complexity index is 432. The van der Waals surface area contributed by atoms with Crippen molar-refractivity contribution in [2.24, 2.45) is 16.3 Å². The number of hydrogen-bond donors (Lipinski definition) is 3. The zero-order chi connectivity index (χ0) is 14.3. The summed E-state index contributed by atoms with van der Waals surface area (Å²) in [5, 5.41) is 15.2. The van der Waals surface area contributed by atoms with Crippen LogP contribution in [0.25, 0.3) is 0 Å². The monoisotopic (exact) mass is 281 g/mol. The van der Waals surface area contributed by atoms with Gasteiger partial charge in [-0.1, -0.05) is 31.1 Å². The van der Waals surface area contributed by atoms with Crippen LogP contribution in [-0.2, 0) is 0 Å². The predicted molar refractivity (Wildman–Crippen MR) is 83.1 cm³/mol. The van der Waals surface area contributed by atoms with E-state index < -0.39 is 0 Å². The molecule has 0 radical (unpaired) electrons. The van der Waals surface area contributed by atoms with Crippen LogP contribution >= 0.6 is 11.8 Å². The second-order valence-electron chi connectivity index (χ2n) is 5.10. The first-order valence-corrected chi connectivity index (χ1v) is 7.58. The first kappa shape index (κ1) is 15.7. The Morgan fingerprint density at radius 3 is 2.74 bits per heavy atom. The third-order valence-corrected chi connectivity index (χ3v) is 4.00. The Morgan fingerprint density at radius 2 is 2.11 bits per heavy atom. The van der Waals surface area contributed by atoms with Crippen LogP contribution in [0.1, 0.15) is 26.7 Å². The molecule has 0 amide bonds. The second kappa shape index (κ2) is 7.28. The molecule has 0 aliphatic heterocycles. The van der Waals surface area contributed by atoms with Gasteiger partial charge in [-0.25, -0.2) is 0 Å². The molecule has 0 fully saturated rings. The molecule has 19 heavy (non-hydrogen) atoms. The summed E-state index contributed by atoms with van der Waals surface area (Å²) >= 11 is 1.73. The Labute approximate surface area is 119 Å². The number of rotatable bonds is 7. The number of oxime groups is 1. The van der Waals surface area contributed by atoms with E-state index in [9.17, 15) is 0 Å². The van der Waals surface area contributed by atoms with Crippen LogP contribution in [-0.4, -0.2) is 23.8 Å². The summed E-state index contributed by atoms with van der Waals surface area (Å²) in [6.07, 6.45) is 3.91. The van der Waals surface area contributed by atoms with Crippen LogP contribution in [0.3, 0.4) is 0 Å². The minimum atomic E-state index is -0.268. The summed E-state index contributed by atoms with van der Waals surface area (Å²) < 4.78 is 0. The molecule has 4 nitrogen and oxygen atoms in total. The summed E-state index contributed by atoms with van der Waals surface area (Å²) in [5.41, 5.74) is 6.56. The van der Waals surface area contributed by atoms with E-state index in [0.29, 0.717) is 0 Å². The zero-order valence-corrected chi connectivity index (χ0v) is 12.6. The lowest BCUT2D eigenvalue weighted by Crippen LogP contribution is -2.32. The average molecular weight is 281 g/mol. The molecule has 0 saturated heterocycles. The topological polar surface area (TPSA) is 70.6 Å². The molecular formula is C14H23N3OS. The number of nitrogens with two attached hydrogens (primary N) is 1. The van der Waals surface area contributed by atoms with Crippen LogP contribution in [0.15, 0.2) is 34.3 Å². The number of anilines is 1. The Kier molecular flexibility index (Phi) is 6.02. The maximum atomic E-state index is 8.72. The number of amidine groups is 1. The van der Waals surface area contributed by atoms with Gasteiger partial charge in [0.15, 0.2) is 0 Å². The fourth-order valence-corrected chi connectivity index (χ4v) is 2.38. The van der Waals surface area contributed by atoms with Crippen molar-refractivity contribution in [1.82, 2.24) is 0 Å². The van der Waals surface area contributed by atoms with E-state index in [4.69, 9.17) is 10.9 Å². The van der Waals surface area contributed by atoms with Gasteiger partial charge < -0.3 is 16.3 Å². The molecule has 1 aromatic carbocycles. The maximum absolute atomic E-state index is 8.72. The largest absolute Gasteiger partial charge is 0.409 e. The van der Waals surface area contributed by atoms with Gasteiger partial charge in [0.2, 0.25) is 0 Å². The van der Waals surface area contributed by atoms with Crippen molar-refractivity contribution in [3.63, 3.8) is 0 Å². The summed E-state index contributed by atoms with van der Waals surface area (Å²) in [6, 6.07) is 8.26. The molecule has 0 aromatic heterocycles. The highest BCUT2D eigenvalue weighted by Crippen LogP contribution is 2.26. The van der Waals surface area contributed by atoms with Crippen LogP contribution in [0.4, 0.5) is 5.69 Å². The first-order valence-electron chi connectivity index (χ1n) is 6.36. The Balaban J connectivity index is 2.43. The third-order valence-electron chi connectivity index (χ3n) is 3.20. The molecule has 0 aliphatic carbocycles. The number of nitrogens with zero attached hydrogens (tertiary/aromatic N) is 1. The number of nitrogens with one attached hydrogen (secondary N) is 1. The summed E-state index contributed by atoms with van der Waals surface area (Å²) in [7, 11) is 0. The number of hydrogen-bond acceptors (Lipinski definition) is 4. The summed E-state index contributed by atoms with van der Waals surface area (Å²) in [5.74, 6) is 0.289. The minimum absolute atomic E-state index is 0.268. The smallest absolute Gasteiger partial charge is 0.144 e. The molecule has 4 N–H and O–H groups in total. The highest BCUT2D eigenvalue weighted by atomic mass is 32.2. The minimum Gasteiger partial charge on any atom is -0.409 e. The SMILES string of the molecule is CSc1ccccc1NCCCC(C)(C)/C(N)=N/O. The molecule has 5 heteroatoms. The van der Waals surface area contributed by atoms with Crippen molar-refractivity contribution >= 4 is 23.3 Å². The van der Waals surface area contributed by atoms with Gasteiger partial charge >= 0.3 is 0 Å². The van der Waals surface area contributed by atoms with Gasteiger partial charge in [-0.15, -0.1) is 11.8 Å². The summed E-state index contributed by atoms with van der Waals surface area (Å²) in [6.45, 7) is 4.84. The molecule has 0 heterocycles. The van der Waals surface area contributed by atoms with Crippen molar-refractivity contribution in [3.8, 4) is 0 Å². The van der Waals surface area contributed by atoms with Crippen LogP contribution in [0.5, 0.6) is 0 Å². The van der Waals surface area contributed by atoms with Gasteiger partial charge in [0.25, 0.3) is 0 Å². The molecular weight excluding hydrogens is 258 g/mol. The molecule has 0 saturated carbocycles. The molecule has 0 bridgehead atoms. The van der Waals surface area contributed by atoms with Crippen molar-refractivity contribution in [1.29, 1.82) is 0 Å². The fourth-order valence-electron chi connectivity index (χ4n) is 1.81. The highest BCUT2D eigenvalue weighted by Gasteiger charge is 2.22. The van der Waals surface area contributed by atoms with Gasteiger partial charge in [0, 0.05) is 22.5 Å². The standard InChI is InChI=1S/C14H23N3OS/c1-14(2,13(15)17-18)9-6-10-16-11-7-4-5-8-12(11)19-3/h4-5,7-8,16,18H,6,9-10H2,1-3H3,(H2,15,17). The fraction of sp³-hybridized carbons (Fsp3) is 0.500. The van der Waals surface area contributed by atoms with Crippen LogP contribution < -0.4 is 11.1 Å². The first-order chi connectivity index (χ1) is 9.01. The van der Waals surface area contributed by atoms with E-state index >= 15 is 0 Å². The van der Waals surface area contributed by atoms with Gasteiger partial charge in [0.05, 0.1) is 0 Å². The van der Waals surface area contributed by atoms with Crippen molar-refractivity contribution in [3.05, 3.63) is 24.3 Å². The highest BCUT2D eigenvalue weighted by molar-refractivity contribution is 7.98. The van der Waals surface area contributed by atoms with Gasteiger partial charge in [-0.3, -0.25) is 0 Å². The average Bonchev–Trinajstić information content (AvgIpc) is 2.43. The lowest BCUT2D eigenvalue weighted by Gasteiger charge is -2.22. The van der Waals surface area contributed by atoms with E-state index in [1.807, 2.05) is 26.0 Å². The van der Waals surface area contributed by atoms with Crippen LogP contribution in [0.2, 0.25) is 0 Å². The Hall–Kier alpha value is -1.36. The van der Waals surface area contributed by atoms with Gasteiger partial charge in [0.1, 0.15) is 5.84 Å². The molecule has 0 atom stereocenters. The van der Waals surface area contributed by atoms with E-state index in [-0.39, 0.29) is 11.3 Å². The molecule has 0 unspecified atom stereocenters. The molecule has 0 aliphatic rings. The van der Waals surface area contributed by atoms with Crippen LogP contribution in [0, 0.1) is 5.41 Å². The van der Waals surface area contributed by atoms with Crippen molar-refractivity contribution < 1.29 is 5.21 Å². The lowest BCUT2D eigenvalue weighted by atomic mass is 9.86. The number of benzene rings is 1. The molecule has 1 rings (SSSR count). The van der Waals surface area contributed by atoms with E-state index in [2.05, 4.69) is 28.9 Å². The van der Waals surface area contributed by atoms with Crippen molar-refractivity contribution in [2.75, 3.05) is 18.1 Å². The van der Waals surface area contributed by atoms with Crippen molar-refractivity contribution in [2.45, 2.75) is 31.6 Å². The number of para-hydroxylation sites is 1. The third kappa shape index (κ3) is 4.67. The van der Waals surface area contributed by atoms with Gasteiger partial charge in [-0.05, 0) is 31.2 Å². The van der Waals surface area contributed by atoms with Gasteiger partial charge in [-0.2, -0.15) is 0 Å². The second-order valence-corrected chi connectivity index (χ2v) is 5.95. The normalized spacial score (nSPS) is 12.5. The zero-order valence-electron chi connectivity index (χ0n) is 11.8. The van der Waals surface area contributed by atoms with E-state index in [0.717, 1.165) is 25.1 Å². The summed E-state index contributed by atoms with van der Waals surface area (Å²) in [4.78, 5) is 1.25. The predicted octanol–water partition coefficient (Wildman–Crippen LogP) is 3.37. The van der Waals surface area contributed by atoms with E-state index in [1.54, 1.807) is 11.8 Å². The van der Waals surface area contributed by atoms with E-state index in [1.165, 1.54) is 4.90 Å². The molecule has 1 aromatic rings. The molecule has 106 valence electrons. The lowest BCUT2D eigenvalue weighted by molar-refractivity contribution is 0.305. The molecule has 0 spiro atoms.